The van der Waals surface area contributed by atoms with Gasteiger partial charge in [-0.15, -0.1) is 0 Å². The normalized spacial score (nSPS) is 21.0. The summed E-state index contributed by atoms with van der Waals surface area (Å²) in [6, 6.07) is 0.844. The van der Waals surface area contributed by atoms with E-state index in [1.54, 1.807) is 4.90 Å². The summed E-state index contributed by atoms with van der Waals surface area (Å²) in [5.74, 6) is 0.243. The van der Waals surface area contributed by atoms with Crippen molar-refractivity contribution in [2.45, 2.75) is 19.0 Å². The maximum absolute atomic E-state index is 12.7. The molecule has 1 aromatic rings. The summed E-state index contributed by atoms with van der Waals surface area (Å²) in [4.78, 5) is 5.54. The molecule has 25 heavy (non-hydrogen) atoms. The van der Waals surface area contributed by atoms with Gasteiger partial charge in [-0.25, -0.2) is 4.98 Å². The highest BCUT2D eigenvalue weighted by Crippen LogP contribution is 2.34. The average molecular weight is 399 g/mol. The van der Waals surface area contributed by atoms with E-state index in [1.807, 2.05) is 0 Å². The van der Waals surface area contributed by atoms with Crippen molar-refractivity contribution in [3.8, 4) is 0 Å². The van der Waals surface area contributed by atoms with Gasteiger partial charge in [-0.2, -0.15) is 30.2 Å². The topological polar surface area (TPSA) is 56.8 Å². The number of alkyl halides is 3. The van der Waals surface area contributed by atoms with Crippen molar-refractivity contribution >= 4 is 27.6 Å². The van der Waals surface area contributed by atoms with Crippen molar-refractivity contribution in [3.63, 3.8) is 0 Å². The van der Waals surface area contributed by atoms with Crippen molar-refractivity contribution < 1.29 is 21.6 Å². The first-order chi connectivity index (χ1) is 11.7. The van der Waals surface area contributed by atoms with Crippen LogP contribution in [0.2, 0.25) is 5.02 Å². The van der Waals surface area contributed by atoms with Crippen molar-refractivity contribution in [2.24, 2.45) is 0 Å². The minimum Gasteiger partial charge on any atom is -0.353 e. The maximum atomic E-state index is 12.7. The van der Waals surface area contributed by atoms with Crippen LogP contribution in [0.25, 0.3) is 0 Å². The number of hydrogen-bond donors (Lipinski definition) is 0. The van der Waals surface area contributed by atoms with Crippen LogP contribution < -0.4 is 4.90 Å². The van der Waals surface area contributed by atoms with E-state index in [2.05, 4.69) is 4.98 Å². The van der Waals surface area contributed by atoms with Crippen LogP contribution in [-0.2, 0) is 16.4 Å². The Balaban J connectivity index is 1.68. The second kappa shape index (κ2) is 6.90. The van der Waals surface area contributed by atoms with Gasteiger partial charge in [0.15, 0.2) is 0 Å². The number of aromatic nitrogens is 1. The summed E-state index contributed by atoms with van der Waals surface area (Å²) < 4.78 is 66.0. The monoisotopic (exact) mass is 398 g/mol. The molecule has 0 spiro atoms. The van der Waals surface area contributed by atoms with Crippen LogP contribution in [0.5, 0.6) is 0 Å². The van der Waals surface area contributed by atoms with Crippen LogP contribution in [0.3, 0.4) is 0 Å². The molecule has 1 aromatic heterocycles. The number of pyridine rings is 1. The summed E-state index contributed by atoms with van der Waals surface area (Å²) in [7, 11) is -3.47. The Morgan fingerprint density at radius 2 is 1.56 bits per heavy atom. The molecule has 11 heteroatoms. The van der Waals surface area contributed by atoms with E-state index in [0.29, 0.717) is 26.2 Å². The zero-order valence-corrected chi connectivity index (χ0v) is 14.9. The first kappa shape index (κ1) is 18.7. The average Bonchev–Trinajstić information content (AvgIpc) is 3.09. The van der Waals surface area contributed by atoms with Gasteiger partial charge in [0.1, 0.15) is 5.82 Å². The largest absolute Gasteiger partial charge is 0.417 e. The number of anilines is 1. The standard InChI is InChI=1S/C14H18ClF3N4O2S/c15-12-9-11(14(16,17)18)10-19-13(12)20-5-7-22(8-6-20)25(23,24)21-3-1-2-4-21/h9-10H,1-8H2. The molecule has 0 aliphatic carbocycles. The lowest BCUT2D eigenvalue weighted by atomic mass is 10.2. The quantitative estimate of drug-likeness (QED) is 0.783. The maximum Gasteiger partial charge on any atom is 0.417 e. The zero-order chi connectivity index (χ0) is 18.2. The van der Waals surface area contributed by atoms with Crippen LogP contribution in [0.1, 0.15) is 18.4 Å². The third-order valence-electron chi connectivity index (χ3n) is 4.40. The first-order valence-electron chi connectivity index (χ1n) is 7.92. The van der Waals surface area contributed by atoms with Gasteiger partial charge in [-0.05, 0) is 18.9 Å². The minimum atomic E-state index is -4.50. The molecular formula is C14H18ClF3N4O2S. The molecule has 140 valence electrons. The Hall–Kier alpha value is -1.10. The molecule has 0 bridgehead atoms. The number of rotatable bonds is 3. The molecule has 3 rings (SSSR count). The van der Waals surface area contributed by atoms with Gasteiger partial charge in [-0.1, -0.05) is 11.6 Å². The lowest BCUT2D eigenvalue weighted by molar-refractivity contribution is -0.137. The summed E-state index contributed by atoms with van der Waals surface area (Å²) in [5, 5.41) is -0.0920. The molecule has 2 aliphatic rings. The lowest BCUT2D eigenvalue weighted by Gasteiger charge is -2.36. The summed E-state index contributed by atoms with van der Waals surface area (Å²) in [6.07, 6.45) is -2.03. The Labute approximate surface area is 149 Å². The summed E-state index contributed by atoms with van der Waals surface area (Å²) in [6.45, 7) is 2.22. The summed E-state index contributed by atoms with van der Waals surface area (Å²) in [5.41, 5.74) is -0.906. The fourth-order valence-corrected chi connectivity index (χ4v) is 4.99. The third-order valence-corrected chi connectivity index (χ3v) is 6.72. The van der Waals surface area contributed by atoms with E-state index >= 15 is 0 Å². The van der Waals surface area contributed by atoms with Crippen molar-refractivity contribution in [3.05, 3.63) is 22.8 Å². The van der Waals surface area contributed by atoms with Crippen molar-refractivity contribution in [1.29, 1.82) is 0 Å². The lowest BCUT2D eigenvalue weighted by Crippen LogP contribution is -2.52. The van der Waals surface area contributed by atoms with Crippen molar-refractivity contribution in [2.75, 3.05) is 44.2 Å². The Morgan fingerprint density at radius 3 is 2.08 bits per heavy atom. The van der Waals surface area contributed by atoms with E-state index in [0.717, 1.165) is 25.1 Å². The van der Waals surface area contributed by atoms with E-state index in [4.69, 9.17) is 11.6 Å². The molecule has 2 aliphatic heterocycles. The zero-order valence-electron chi connectivity index (χ0n) is 13.3. The van der Waals surface area contributed by atoms with Crippen LogP contribution >= 0.6 is 11.6 Å². The van der Waals surface area contributed by atoms with Gasteiger partial charge in [0, 0.05) is 45.5 Å². The predicted octanol–water partition coefficient (Wildman–Crippen LogP) is 2.22. The number of hydrogen-bond acceptors (Lipinski definition) is 4. The molecule has 2 fully saturated rings. The fraction of sp³-hybridized carbons (Fsp3) is 0.643. The molecule has 0 saturated carbocycles. The second-order valence-electron chi connectivity index (χ2n) is 6.03. The van der Waals surface area contributed by atoms with Gasteiger partial charge in [-0.3, -0.25) is 0 Å². The third kappa shape index (κ3) is 3.86. The molecule has 6 nitrogen and oxygen atoms in total. The smallest absolute Gasteiger partial charge is 0.353 e. The molecular weight excluding hydrogens is 381 g/mol. The van der Waals surface area contributed by atoms with Gasteiger partial charge in [0.25, 0.3) is 10.2 Å². The molecule has 2 saturated heterocycles. The number of nitrogens with zero attached hydrogens (tertiary/aromatic N) is 4. The van der Waals surface area contributed by atoms with E-state index in [9.17, 15) is 21.6 Å². The van der Waals surface area contributed by atoms with Crippen LogP contribution in [0.4, 0.5) is 19.0 Å². The highest BCUT2D eigenvalue weighted by molar-refractivity contribution is 7.86. The number of halogens is 4. The molecule has 0 amide bonds. The minimum absolute atomic E-state index is 0.0920. The Bertz CT molecular complexity index is 730. The highest BCUT2D eigenvalue weighted by atomic mass is 35.5. The molecule has 0 unspecified atom stereocenters. The van der Waals surface area contributed by atoms with Crippen molar-refractivity contribution in [1.82, 2.24) is 13.6 Å². The number of piperazine rings is 1. The van der Waals surface area contributed by atoms with Crippen LogP contribution in [0, 0.1) is 0 Å². The van der Waals surface area contributed by atoms with Gasteiger partial charge in [0.05, 0.1) is 10.6 Å². The van der Waals surface area contributed by atoms with Gasteiger partial charge >= 0.3 is 6.18 Å². The van der Waals surface area contributed by atoms with E-state index < -0.39 is 21.9 Å². The van der Waals surface area contributed by atoms with Crippen LogP contribution in [0.15, 0.2) is 12.3 Å². The molecule has 0 N–H and O–H groups in total. The predicted molar refractivity (Wildman–Crippen MR) is 87.8 cm³/mol. The van der Waals surface area contributed by atoms with Gasteiger partial charge < -0.3 is 4.90 Å². The molecule has 0 atom stereocenters. The second-order valence-corrected chi connectivity index (χ2v) is 8.36. The van der Waals surface area contributed by atoms with Crippen LogP contribution in [-0.4, -0.2) is 61.3 Å². The fourth-order valence-electron chi connectivity index (χ4n) is 3.03. The highest BCUT2D eigenvalue weighted by Gasteiger charge is 2.35. The van der Waals surface area contributed by atoms with E-state index in [1.165, 1.54) is 8.61 Å². The SMILES string of the molecule is O=S(=O)(N1CCCC1)N1CCN(c2ncc(C(F)(F)F)cc2Cl)CC1. The molecule has 3 heterocycles. The Morgan fingerprint density at radius 1 is 1.00 bits per heavy atom. The molecule has 0 radical (unpaired) electrons. The van der Waals surface area contributed by atoms with Gasteiger partial charge in [0.2, 0.25) is 0 Å². The Kier molecular flexibility index (Phi) is 5.16. The summed E-state index contributed by atoms with van der Waals surface area (Å²) >= 11 is 5.95. The van der Waals surface area contributed by atoms with E-state index in [-0.39, 0.29) is 23.9 Å². The first-order valence-corrected chi connectivity index (χ1v) is 9.70. The molecule has 0 aromatic carbocycles.